The molecule has 0 heterocycles. The second-order valence-electron chi connectivity index (χ2n) is 3.58. The smallest absolute Gasteiger partial charge is 0.305 e. The molecule has 0 aromatic heterocycles. The highest BCUT2D eigenvalue weighted by Gasteiger charge is 1.96. The van der Waals surface area contributed by atoms with E-state index in [9.17, 15) is 4.79 Å². The minimum Gasteiger partial charge on any atom is -0.466 e. The van der Waals surface area contributed by atoms with Gasteiger partial charge in [0.1, 0.15) is 0 Å². The minimum absolute atomic E-state index is 0.111. The van der Waals surface area contributed by atoms with Gasteiger partial charge in [-0.05, 0) is 33.6 Å². The lowest BCUT2D eigenvalue weighted by Gasteiger charge is -2.02. The van der Waals surface area contributed by atoms with Crippen molar-refractivity contribution in [1.82, 2.24) is 0 Å². The van der Waals surface area contributed by atoms with Crippen LogP contribution in [0.4, 0.5) is 0 Å². The predicted octanol–water partition coefficient (Wildman–Crippen LogP) is 3.63. The molecule has 2 nitrogen and oxygen atoms in total. The van der Waals surface area contributed by atoms with Crippen LogP contribution < -0.4 is 0 Å². The van der Waals surface area contributed by atoms with E-state index in [2.05, 4.69) is 26.0 Å². The number of carbonyl (C=O) groups is 1. The summed E-state index contributed by atoms with van der Waals surface area (Å²) in [4.78, 5) is 10.8. The van der Waals surface area contributed by atoms with Gasteiger partial charge in [-0.15, -0.1) is 0 Å². The minimum atomic E-state index is -0.111. The molecule has 0 aliphatic rings. The summed E-state index contributed by atoms with van der Waals surface area (Å²) in [6.07, 6.45) is 6.62. The second-order valence-corrected chi connectivity index (χ2v) is 3.58. The van der Waals surface area contributed by atoms with Crippen LogP contribution in [0.25, 0.3) is 0 Å². The molecule has 0 aliphatic carbocycles. The number of hydrogen-bond donors (Lipinski definition) is 0. The Morgan fingerprint density at radius 3 is 2.47 bits per heavy atom. The molecule has 0 bridgehead atoms. The van der Waals surface area contributed by atoms with E-state index in [1.165, 1.54) is 11.1 Å². The summed E-state index contributed by atoms with van der Waals surface area (Å²) in [6.45, 7) is 8.58. The van der Waals surface area contributed by atoms with Crippen molar-refractivity contribution in [2.24, 2.45) is 0 Å². The normalized spacial score (nSPS) is 12.8. The maximum absolute atomic E-state index is 10.8. The molecule has 0 fully saturated rings. The molecule has 0 aliphatic heterocycles. The molecular weight excluding hydrogens is 188 g/mol. The molecule has 0 aromatic carbocycles. The molecule has 0 radical (unpaired) electrons. The van der Waals surface area contributed by atoms with Crippen molar-refractivity contribution >= 4 is 5.97 Å². The molecule has 0 unspecified atom stereocenters. The van der Waals surface area contributed by atoms with Crippen LogP contribution >= 0.6 is 0 Å². The number of esters is 1. The van der Waals surface area contributed by atoms with E-state index >= 15 is 0 Å². The molecule has 15 heavy (non-hydrogen) atoms. The van der Waals surface area contributed by atoms with E-state index in [4.69, 9.17) is 4.74 Å². The Balaban J connectivity index is 3.66. The van der Waals surface area contributed by atoms with Gasteiger partial charge in [-0.2, -0.15) is 0 Å². The van der Waals surface area contributed by atoms with Crippen LogP contribution in [0.3, 0.4) is 0 Å². The van der Waals surface area contributed by atoms with E-state index < -0.39 is 0 Å². The monoisotopic (exact) mass is 210 g/mol. The van der Waals surface area contributed by atoms with Crippen molar-refractivity contribution in [2.75, 3.05) is 6.61 Å². The van der Waals surface area contributed by atoms with Gasteiger partial charge in [-0.3, -0.25) is 4.79 Å². The second kappa shape index (κ2) is 8.27. The summed E-state index contributed by atoms with van der Waals surface area (Å²) in [5, 5.41) is 0. The van der Waals surface area contributed by atoms with Crippen molar-refractivity contribution in [3.63, 3.8) is 0 Å². The van der Waals surface area contributed by atoms with E-state index in [1.807, 2.05) is 13.8 Å². The highest BCUT2D eigenvalue weighted by Crippen LogP contribution is 2.09. The van der Waals surface area contributed by atoms with Gasteiger partial charge in [0.15, 0.2) is 0 Å². The zero-order valence-electron chi connectivity index (χ0n) is 10.3. The van der Waals surface area contributed by atoms with Crippen molar-refractivity contribution < 1.29 is 9.53 Å². The average Bonchev–Trinajstić information content (AvgIpc) is 2.26. The highest BCUT2D eigenvalue weighted by atomic mass is 16.5. The SMILES string of the molecule is CC=C(C)C(C)=CCCCOC(=O)CC. The molecule has 0 atom stereocenters. The fourth-order valence-corrected chi connectivity index (χ4v) is 1.08. The van der Waals surface area contributed by atoms with Crippen LogP contribution in [0.15, 0.2) is 23.3 Å². The van der Waals surface area contributed by atoms with Gasteiger partial charge in [0.05, 0.1) is 6.61 Å². The Bertz CT molecular complexity index is 249. The van der Waals surface area contributed by atoms with Crippen LogP contribution in [-0.4, -0.2) is 12.6 Å². The molecule has 0 rings (SSSR count). The maximum Gasteiger partial charge on any atom is 0.305 e. The van der Waals surface area contributed by atoms with Crippen molar-refractivity contribution in [2.45, 2.75) is 47.0 Å². The van der Waals surface area contributed by atoms with Crippen LogP contribution in [0, 0.1) is 0 Å². The lowest BCUT2D eigenvalue weighted by atomic mass is 10.1. The van der Waals surface area contributed by atoms with Gasteiger partial charge in [0.2, 0.25) is 0 Å². The lowest BCUT2D eigenvalue weighted by Crippen LogP contribution is -2.03. The van der Waals surface area contributed by atoms with Gasteiger partial charge in [-0.25, -0.2) is 0 Å². The largest absolute Gasteiger partial charge is 0.466 e. The van der Waals surface area contributed by atoms with Crippen molar-refractivity contribution in [3.8, 4) is 0 Å². The first-order chi connectivity index (χ1) is 7.11. The summed E-state index contributed by atoms with van der Waals surface area (Å²) >= 11 is 0. The van der Waals surface area contributed by atoms with Gasteiger partial charge >= 0.3 is 5.97 Å². The topological polar surface area (TPSA) is 26.3 Å². The van der Waals surface area contributed by atoms with Gasteiger partial charge < -0.3 is 4.74 Å². The van der Waals surface area contributed by atoms with Crippen LogP contribution in [0.1, 0.15) is 47.0 Å². The Morgan fingerprint density at radius 2 is 1.93 bits per heavy atom. The molecule has 0 amide bonds. The first kappa shape index (κ1) is 13.9. The summed E-state index contributed by atoms with van der Waals surface area (Å²) < 4.78 is 4.98. The molecular formula is C13H22O2. The van der Waals surface area contributed by atoms with E-state index in [1.54, 1.807) is 0 Å². The molecule has 0 spiro atoms. The molecule has 0 saturated carbocycles. The fraction of sp³-hybridized carbons (Fsp3) is 0.615. The standard InChI is InChI=1S/C13H22O2/c1-5-11(3)12(4)9-7-8-10-15-13(14)6-2/h5,9H,6-8,10H2,1-4H3. The Labute approximate surface area is 93.0 Å². The van der Waals surface area contributed by atoms with Crippen LogP contribution in [0.5, 0.6) is 0 Å². The van der Waals surface area contributed by atoms with E-state index in [0.717, 1.165) is 12.8 Å². The van der Waals surface area contributed by atoms with Gasteiger partial charge in [0, 0.05) is 6.42 Å². The fourth-order valence-electron chi connectivity index (χ4n) is 1.08. The summed E-state index contributed by atoms with van der Waals surface area (Å²) in [5.74, 6) is -0.111. The van der Waals surface area contributed by atoms with E-state index in [-0.39, 0.29) is 5.97 Å². The molecule has 2 heteroatoms. The third-order valence-electron chi connectivity index (χ3n) is 2.41. The first-order valence-corrected chi connectivity index (χ1v) is 5.57. The quantitative estimate of drug-likeness (QED) is 0.380. The lowest BCUT2D eigenvalue weighted by molar-refractivity contribution is -0.143. The number of carbonyl (C=O) groups excluding carboxylic acids is 1. The summed E-state index contributed by atoms with van der Waals surface area (Å²) in [6, 6.07) is 0. The molecule has 86 valence electrons. The number of ether oxygens (including phenoxy) is 1. The zero-order chi connectivity index (χ0) is 11.7. The Morgan fingerprint density at radius 1 is 1.27 bits per heavy atom. The first-order valence-electron chi connectivity index (χ1n) is 5.57. The van der Waals surface area contributed by atoms with Crippen LogP contribution in [-0.2, 0) is 9.53 Å². The maximum atomic E-state index is 10.8. The number of allylic oxidation sites excluding steroid dienone is 4. The third-order valence-corrected chi connectivity index (χ3v) is 2.41. The summed E-state index contributed by atoms with van der Waals surface area (Å²) in [5.41, 5.74) is 2.61. The van der Waals surface area contributed by atoms with Gasteiger partial charge in [-0.1, -0.05) is 30.2 Å². The molecule has 0 aromatic rings. The van der Waals surface area contributed by atoms with Crippen LogP contribution in [0.2, 0.25) is 0 Å². The Hall–Kier alpha value is -1.05. The number of hydrogen-bond acceptors (Lipinski definition) is 2. The molecule has 0 N–H and O–H groups in total. The van der Waals surface area contributed by atoms with Gasteiger partial charge in [0.25, 0.3) is 0 Å². The Kier molecular flexibility index (Phi) is 7.69. The molecule has 0 saturated heterocycles. The third kappa shape index (κ3) is 6.95. The van der Waals surface area contributed by atoms with Crippen molar-refractivity contribution in [3.05, 3.63) is 23.3 Å². The zero-order valence-corrected chi connectivity index (χ0v) is 10.3. The van der Waals surface area contributed by atoms with Crippen molar-refractivity contribution in [1.29, 1.82) is 0 Å². The number of unbranched alkanes of at least 4 members (excludes halogenated alkanes) is 1. The average molecular weight is 210 g/mol. The predicted molar refractivity (Wildman–Crippen MR) is 63.7 cm³/mol. The summed E-state index contributed by atoms with van der Waals surface area (Å²) in [7, 11) is 0. The van der Waals surface area contributed by atoms with E-state index in [0.29, 0.717) is 13.0 Å². The highest BCUT2D eigenvalue weighted by molar-refractivity contribution is 5.68. The number of rotatable bonds is 6.